The predicted molar refractivity (Wildman–Crippen MR) is 79.1 cm³/mol. The minimum atomic E-state index is -0.268. The summed E-state index contributed by atoms with van der Waals surface area (Å²) in [5, 5.41) is 0. The van der Waals surface area contributed by atoms with Crippen LogP contribution in [0.25, 0.3) is 0 Å². The molecule has 0 fully saturated rings. The fourth-order valence-corrected chi connectivity index (χ4v) is 1.65. The van der Waals surface area contributed by atoms with Gasteiger partial charge in [-0.2, -0.15) is 0 Å². The molecule has 110 valence electrons. The first-order valence-electron chi connectivity index (χ1n) is 7.26. The highest BCUT2D eigenvalue weighted by molar-refractivity contribution is 5.70. The Morgan fingerprint density at radius 3 is 2.16 bits per heavy atom. The van der Waals surface area contributed by atoms with Gasteiger partial charge in [-0.05, 0) is 25.7 Å². The molecule has 3 nitrogen and oxygen atoms in total. The van der Waals surface area contributed by atoms with Crippen molar-refractivity contribution in [3.8, 4) is 0 Å². The number of hydrogen-bond donors (Lipinski definition) is 0. The van der Waals surface area contributed by atoms with Crippen LogP contribution in [-0.2, 0) is 14.3 Å². The first-order chi connectivity index (χ1) is 9.31. The Bertz CT molecular complexity index is 236. The van der Waals surface area contributed by atoms with Gasteiger partial charge in [0.15, 0.2) is 0 Å². The lowest BCUT2D eigenvalue weighted by atomic mass is 10.1. The zero-order valence-corrected chi connectivity index (χ0v) is 12.1. The van der Waals surface area contributed by atoms with E-state index in [1.807, 2.05) is 6.08 Å². The van der Waals surface area contributed by atoms with Gasteiger partial charge in [0.25, 0.3) is 0 Å². The van der Waals surface area contributed by atoms with Crippen LogP contribution in [0, 0.1) is 0 Å². The summed E-state index contributed by atoms with van der Waals surface area (Å²) < 4.78 is 10.2. The van der Waals surface area contributed by atoms with Crippen LogP contribution in [0.2, 0.25) is 0 Å². The summed E-state index contributed by atoms with van der Waals surface area (Å²) in [6.45, 7) is 8.37. The topological polar surface area (TPSA) is 35.5 Å². The monoisotopic (exact) mass is 268 g/mol. The Kier molecular flexibility index (Phi) is 14.1. The molecule has 0 aromatic carbocycles. The molecule has 0 heterocycles. The summed E-state index contributed by atoms with van der Waals surface area (Å²) in [6, 6.07) is 0. The van der Waals surface area contributed by atoms with Crippen LogP contribution in [0.3, 0.4) is 0 Å². The molecule has 0 spiro atoms. The van der Waals surface area contributed by atoms with Crippen molar-refractivity contribution in [2.45, 2.75) is 51.4 Å². The van der Waals surface area contributed by atoms with E-state index in [9.17, 15) is 4.79 Å². The normalized spacial score (nSPS) is 10.1. The number of carbonyl (C=O) groups is 1. The van der Waals surface area contributed by atoms with E-state index >= 15 is 0 Å². The molecule has 0 saturated carbocycles. The summed E-state index contributed by atoms with van der Waals surface area (Å²) in [4.78, 5) is 11.2. The maximum absolute atomic E-state index is 11.2. The largest absolute Gasteiger partial charge is 0.464 e. The summed E-state index contributed by atoms with van der Waals surface area (Å²) in [6.07, 6.45) is 12.7. The molecule has 0 aliphatic heterocycles. The van der Waals surface area contributed by atoms with Crippen LogP contribution < -0.4 is 0 Å². The average Bonchev–Trinajstić information content (AvgIpc) is 2.42. The SMILES string of the molecule is C=CCCCCCCCCOC(=O)COCCC=C. The van der Waals surface area contributed by atoms with E-state index < -0.39 is 0 Å². The van der Waals surface area contributed by atoms with Gasteiger partial charge in [-0.1, -0.05) is 37.8 Å². The summed E-state index contributed by atoms with van der Waals surface area (Å²) >= 11 is 0. The molecule has 0 saturated heterocycles. The van der Waals surface area contributed by atoms with E-state index in [1.165, 1.54) is 25.7 Å². The van der Waals surface area contributed by atoms with Gasteiger partial charge in [0.2, 0.25) is 0 Å². The van der Waals surface area contributed by atoms with E-state index in [0.29, 0.717) is 13.2 Å². The number of carbonyl (C=O) groups excluding carboxylic acids is 1. The van der Waals surface area contributed by atoms with Crippen molar-refractivity contribution in [1.29, 1.82) is 0 Å². The van der Waals surface area contributed by atoms with Crippen LogP contribution in [0.4, 0.5) is 0 Å². The van der Waals surface area contributed by atoms with Crippen LogP contribution in [-0.4, -0.2) is 25.8 Å². The summed E-state index contributed by atoms with van der Waals surface area (Å²) in [7, 11) is 0. The first kappa shape index (κ1) is 17.9. The Balaban J connectivity index is 3.13. The van der Waals surface area contributed by atoms with Crippen LogP contribution in [0.5, 0.6) is 0 Å². The van der Waals surface area contributed by atoms with Gasteiger partial charge in [-0.15, -0.1) is 13.2 Å². The quantitative estimate of drug-likeness (QED) is 0.271. The van der Waals surface area contributed by atoms with E-state index in [4.69, 9.17) is 9.47 Å². The predicted octanol–water partition coefficient (Wildman–Crippen LogP) is 4.04. The highest BCUT2D eigenvalue weighted by atomic mass is 16.6. The molecular weight excluding hydrogens is 240 g/mol. The smallest absolute Gasteiger partial charge is 0.332 e. The van der Waals surface area contributed by atoms with Crippen LogP contribution in [0.1, 0.15) is 51.4 Å². The molecule has 0 N–H and O–H groups in total. The minimum Gasteiger partial charge on any atom is -0.464 e. The molecule has 0 unspecified atom stereocenters. The van der Waals surface area contributed by atoms with Gasteiger partial charge < -0.3 is 9.47 Å². The van der Waals surface area contributed by atoms with E-state index in [1.54, 1.807) is 6.08 Å². The number of rotatable bonds is 14. The second-order valence-corrected chi connectivity index (χ2v) is 4.55. The molecule has 0 atom stereocenters. The van der Waals surface area contributed by atoms with E-state index in [2.05, 4.69) is 13.2 Å². The lowest BCUT2D eigenvalue weighted by molar-refractivity contribution is -0.149. The van der Waals surface area contributed by atoms with Crippen LogP contribution >= 0.6 is 0 Å². The highest BCUT2D eigenvalue weighted by Gasteiger charge is 2.01. The maximum atomic E-state index is 11.2. The Labute approximate surface area is 117 Å². The molecule has 3 heteroatoms. The second-order valence-electron chi connectivity index (χ2n) is 4.55. The molecule has 0 aromatic heterocycles. The van der Waals surface area contributed by atoms with E-state index in [0.717, 1.165) is 25.7 Å². The Hall–Kier alpha value is -1.09. The first-order valence-corrected chi connectivity index (χ1v) is 7.26. The summed E-state index contributed by atoms with van der Waals surface area (Å²) in [5.41, 5.74) is 0. The molecule has 0 aliphatic carbocycles. The standard InChI is InChI=1S/C16H28O3/c1-3-5-7-8-9-10-11-12-14-19-16(17)15-18-13-6-4-2/h3-4H,1-2,5-15H2. The third-order valence-electron chi connectivity index (χ3n) is 2.75. The molecule has 0 aromatic rings. The van der Waals surface area contributed by atoms with Gasteiger partial charge in [0.1, 0.15) is 6.61 Å². The number of allylic oxidation sites excluding steroid dienone is 1. The molecule has 19 heavy (non-hydrogen) atoms. The number of esters is 1. The van der Waals surface area contributed by atoms with Crippen LogP contribution in [0.15, 0.2) is 25.3 Å². The number of unbranched alkanes of at least 4 members (excludes halogenated alkanes) is 6. The lowest BCUT2D eigenvalue weighted by Gasteiger charge is -2.05. The zero-order chi connectivity index (χ0) is 14.2. The van der Waals surface area contributed by atoms with E-state index in [-0.39, 0.29) is 12.6 Å². The van der Waals surface area contributed by atoms with Crippen molar-refractivity contribution < 1.29 is 14.3 Å². The third kappa shape index (κ3) is 14.9. The Morgan fingerprint density at radius 2 is 1.47 bits per heavy atom. The fraction of sp³-hybridized carbons (Fsp3) is 0.688. The summed E-state index contributed by atoms with van der Waals surface area (Å²) in [5.74, 6) is -0.268. The van der Waals surface area contributed by atoms with Crippen molar-refractivity contribution in [2.24, 2.45) is 0 Å². The van der Waals surface area contributed by atoms with Gasteiger partial charge in [-0.3, -0.25) is 0 Å². The molecule has 0 rings (SSSR count). The number of hydrogen-bond acceptors (Lipinski definition) is 3. The Morgan fingerprint density at radius 1 is 0.842 bits per heavy atom. The molecule has 0 bridgehead atoms. The zero-order valence-electron chi connectivity index (χ0n) is 12.1. The van der Waals surface area contributed by atoms with Gasteiger partial charge in [0.05, 0.1) is 13.2 Å². The van der Waals surface area contributed by atoms with Crippen molar-refractivity contribution in [1.82, 2.24) is 0 Å². The van der Waals surface area contributed by atoms with Gasteiger partial charge in [-0.25, -0.2) is 4.79 Å². The second kappa shape index (κ2) is 15.0. The van der Waals surface area contributed by atoms with Crippen molar-refractivity contribution in [3.63, 3.8) is 0 Å². The van der Waals surface area contributed by atoms with Crippen molar-refractivity contribution in [3.05, 3.63) is 25.3 Å². The maximum Gasteiger partial charge on any atom is 0.332 e. The minimum absolute atomic E-state index is 0.0510. The molecule has 0 aliphatic rings. The highest BCUT2D eigenvalue weighted by Crippen LogP contribution is 2.07. The third-order valence-corrected chi connectivity index (χ3v) is 2.75. The lowest BCUT2D eigenvalue weighted by Crippen LogP contribution is -2.13. The molecule has 0 radical (unpaired) electrons. The average molecular weight is 268 g/mol. The van der Waals surface area contributed by atoms with Gasteiger partial charge >= 0.3 is 5.97 Å². The molecular formula is C16H28O3. The number of ether oxygens (including phenoxy) is 2. The van der Waals surface area contributed by atoms with Crippen molar-refractivity contribution >= 4 is 5.97 Å². The van der Waals surface area contributed by atoms with Gasteiger partial charge in [0, 0.05) is 0 Å². The van der Waals surface area contributed by atoms with Crippen molar-refractivity contribution in [2.75, 3.05) is 19.8 Å². The fourth-order valence-electron chi connectivity index (χ4n) is 1.65. The molecule has 0 amide bonds.